The van der Waals surface area contributed by atoms with Gasteiger partial charge in [0.1, 0.15) is 12.3 Å². The first kappa shape index (κ1) is 27.6. The van der Waals surface area contributed by atoms with Crippen molar-refractivity contribution in [1.29, 1.82) is 0 Å². The number of benzene rings is 3. The van der Waals surface area contributed by atoms with Crippen LogP contribution in [-0.4, -0.2) is 60.8 Å². The molecule has 3 aromatic carbocycles. The molecule has 0 radical (unpaired) electrons. The van der Waals surface area contributed by atoms with Gasteiger partial charge in [-0.3, -0.25) is 9.10 Å². The van der Waals surface area contributed by atoms with Gasteiger partial charge in [-0.25, -0.2) is 21.1 Å². The standard InChI is InChI=1S/C27H31N3O6S2/c1-5-36-23-10-8-22(9-11-23)30(38(34,35)24-12-6-20(2)7-13-24)19-27(31)29-17-16-21-18-25(14-15-26(21)29)37(32,33)28(3)4/h6-15,18H,5,16-17,19H2,1-4H3. The summed E-state index contributed by atoms with van der Waals surface area (Å²) in [6.07, 6.45) is 0.464. The molecule has 0 saturated carbocycles. The van der Waals surface area contributed by atoms with Gasteiger partial charge >= 0.3 is 0 Å². The molecular weight excluding hydrogens is 526 g/mol. The highest BCUT2D eigenvalue weighted by Gasteiger charge is 2.32. The SMILES string of the molecule is CCOc1ccc(N(CC(=O)N2CCc3cc(S(=O)(=O)N(C)C)ccc32)S(=O)(=O)c2ccc(C)cc2)cc1. The molecule has 0 spiro atoms. The minimum absolute atomic E-state index is 0.0742. The van der Waals surface area contributed by atoms with Crippen LogP contribution in [0.25, 0.3) is 0 Å². The molecule has 4 rings (SSSR count). The number of sulfonamides is 2. The number of carbonyl (C=O) groups excluding carboxylic acids is 1. The lowest BCUT2D eigenvalue weighted by molar-refractivity contribution is -0.117. The maximum atomic E-state index is 13.7. The smallest absolute Gasteiger partial charge is 0.264 e. The van der Waals surface area contributed by atoms with E-state index in [1.54, 1.807) is 48.5 Å². The molecule has 0 saturated heterocycles. The van der Waals surface area contributed by atoms with Gasteiger partial charge in [0.05, 0.1) is 22.1 Å². The van der Waals surface area contributed by atoms with Crippen LogP contribution in [0.15, 0.2) is 76.5 Å². The minimum atomic E-state index is -4.07. The normalized spacial score (nSPS) is 13.4. The molecule has 0 fully saturated rings. The van der Waals surface area contributed by atoms with Crippen LogP contribution < -0.4 is 13.9 Å². The molecule has 202 valence electrons. The number of rotatable bonds is 9. The summed E-state index contributed by atoms with van der Waals surface area (Å²) in [5, 5.41) is 0. The van der Waals surface area contributed by atoms with Gasteiger partial charge < -0.3 is 9.64 Å². The van der Waals surface area contributed by atoms with Crippen molar-refractivity contribution in [3.63, 3.8) is 0 Å². The van der Waals surface area contributed by atoms with Gasteiger partial charge in [0, 0.05) is 26.3 Å². The van der Waals surface area contributed by atoms with E-state index in [1.165, 1.54) is 37.2 Å². The molecule has 1 aliphatic rings. The summed E-state index contributed by atoms with van der Waals surface area (Å²) in [5.74, 6) is 0.170. The number of fused-ring (bicyclic) bond motifs is 1. The van der Waals surface area contributed by atoms with Crippen LogP contribution in [-0.2, 0) is 31.3 Å². The monoisotopic (exact) mass is 557 g/mol. The zero-order valence-corrected chi connectivity index (χ0v) is 23.4. The molecule has 0 atom stereocenters. The third-order valence-corrected chi connectivity index (χ3v) is 9.95. The summed E-state index contributed by atoms with van der Waals surface area (Å²) in [4.78, 5) is 15.3. The number of amides is 1. The Hall–Kier alpha value is -3.41. The second-order valence-corrected chi connectivity index (χ2v) is 13.1. The van der Waals surface area contributed by atoms with Crippen LogP contribution in [0.1, 0.15) is 18.1 Å². The predicted molar refractivity (Wildman–Crippen MR) is 147 cm³/mol. The van der Waals surface area contributed by atoms with Crippen molar-refractivity contribution in [2.45, 2.75) is 30.1 Å². The van der Waals surface area contributed by atoms with Crippen molar-refractivity contribution in [2.24, 2.45) is 0 Å². The summed E-state index contributed by atoms with van der Waals surface area (Å²) < 4.78 is 60.2. The van der Waals surface area contributed by atoms with Gasteiger partial charge in [-0.05, 0) is 80.4 Å². The fraction of sp³-hybridized carbons (Fsp3) is 0.296. The van der Waals surface area contributed by atoms with Crippen LogP contribution in [0.2, 0.25) is 0 Å². The first-order valence-corrected chi connectivity index (χ1v) is 15.0. The van der Waals surface area contributed by atoms with E-state index in [0.29, 0.717) is 36.7 Å². The van der Waals surface area contributed by atoms with Gasteiger partial charge in [0.25, 0.3) is 10.0 Å². The van der Waals surface area contributed by atoms with Gasteiger partial charge in [-0.2, -0.15) is 0 Å². The minimum Gasteiger partial charge on any atom is -0.494 e. The third-order valence-electron chi connectivity index (χ3n) is 6.35. The average molecular weight is 558 g/mol. The topological polar surface area (TPSA) is 104 Å². The Morgan fingerprint density at radius 3 is 2.13 bits per heavy atom. The maximum absolute atomic E-state index is 13.7. The van der Waals surface area contributed by atoms with E-state index in [2.05, 4.69) is 0 Å². The molecule has 1 aliphatic heterocycles. The van der Waals surface area contributed by atoms with Gasteiger partial charge in [0.2, 0.25) is 15.9 Å². The number of hydrogen-bond acceptors (Lipinski definition) is 6. The molecule has 38 heavy (non-hydrogen) atoms. The highest BCUT2D eigenvalue weighted by Crippen LogP contribution is 2.32. The summed E-state index contributed by atoms with van der Waals surface area (Å²) in [5.41, 5.74) is 2.54. The molecule has 0 N–H and O–H groups in total. The molecule has 1 amide bonds. The highest BCUT2D eigenvalue weighted by molar-refractivity contribution is 7.92. The fourth-order valence-corrected chi connectivity index (χ4v) is 6.61. The fourth-order valence-electron chi connectivity index (χ4n) is 4.24. The molecule has 0 bridgehead atoms. The number of carbonyl (C=O) groups is 1. The van der Waals surface area contributed by atoms with Gasteiger partial charge in [-0.15, -0.1) is 0 Å². The van der Waals surface area contributed by atoms with Crippen molar-refractivity contribution in [3.8, 4) is 5.75 Å². The van der Waals surface area contributed by atoms with E-state index in [9.17, 15) is 21.6 Å². The Kier molecular flexibility index (Phi) is 7.82. The molecule has 0 unspecified atom stereocenters. The molecular formula is C27H31N3O6S2. The van der Waals surface area contributed by atoms with Crippen LogP contribution in [0.5, 0.6) is 5.75 Å². The summed E-state index contributed by atoms with van der Waals surface area (Å²) in [6, 6.07) is 17.7. The van der Waals surface area contributed by atoms with E-state index in [1.807, 2.05) is 13.8 Å². The Morgan fingerprint density at radius 2 is 1.53 bits per heavy atom. The first-order chi connectivity index (χ1) is 17.9. The Labute approximate surface area is 224 Å². The zero-order valence-electron chi connectivity index (χ0n) is 21.8. The van der Waals surface area contributed by atoms with E-state index < -0.39 is 32.5 Å². The number of aryl methyl sites for hydroxylation is 1. The zero-order chi connectivity index (χ0) is 27.7. The molecule has 0 aliphatic carbocycles. The second-order valence-electron chi connectivity index (χ2n) is 9.12. The van der Waals surface area contributed by atoms with Crippen LogP contribution in [0.3, 0.4) is 0 Å². The van der Waals surface area contributed by atoms with E-state index in [4.69, 9.17) is 4.74 Å². The van der Waals surface area contributed by atoms with E-state index in [-0.39, 0.29) is 9.79 Å². The number of hydrogen-bond donors (Lipinski definition) is 0. The Bertz CT molecular complexity index is 1530. The third kappa shape index (κ3) is 5.40. The summed E-state index contributed by atoms with van der Waals surface area (Å²) in [7, 11) is -4.77. The summed E-state index contributed by atoms with van der Waals surface area (Å²) >= 11 is 0. The van der Waals surface area contributed by atoms with Crippen LogP contribution >= 0.6 is 0 Å². The lowest BCUT2D eigenvalue weighted by Crippen LogP contribution is -2.42. The summed E-state index contributed by atoms with van der Waals surface area (Å²) in [6.45, 7) is 4.08. The van der Waals surface area contributed by atoms with E-state index in [0.717, 1.165) is 19.7 Å². The predicted octanol–water partition coefficient (Wildman–Crippen LogP) is 3.43. The lowest BCUT2D eigenvalue weighted by atomic mass is 10.2. The molecule has 1 heterocycles. The molecule has 11 heteroatoms. The average Bonchev–Trinajstić information content (AvgIpc) is 3.31. The molecule has 3 aromatic rings. The Balaban J connectivity index is 1.67. The first-order valence-electron chi connectivity index (χ1n) is 12.1. The lowest BCUT2D eigenvalue weighted by Gasteiger charge is -2.27. The number of anilines is 2. The van der Waals surface area contributed by atoms with Crippen LogP contribution in [0, 0.1) is 6.92 Å². The van der Waals surface area contributed by atoms with E-state index >= 15 is 0 Å². The van der Waals surface area contributed by atoms with Crippen molar-refractivity contribution in [3.05, 3.63) is 77.9 Å². The van der Waals surface area contributed by atoms with Gasteiger partial charge in [-0.1, -0.05) is 17.7 Å². The van der Waals surface area contributed by atoms with Crippen molar-refractivity contribution >= 4 is 37.3 Å². The largest absolute Gasteiger partial charge is 0.494 e. The number of nitrogens with zero attached hydrogens (tertiary/aromatic N) is 3. The number of ether oxygens (including phenoxy) is 1. The van der Waals surface area contributed by atoms with Crippen molar-refractivity contribution in [1.82, 2.24) is 4.31 Å². The molecule has 0 aromatic heterocycles. The highest BCUT2D eigenvalue weighted by atomic mass is 32.2. The Morgan fingerprint density at radius 1 is 0.895 bits per heavy atom. The van der Waals surface area contributed by atoms with Crippen molar-refractivity contribution < 1.29 is 26.4 Å². The molecule has 9 nitrogen and oxygen atoms in total. The quantitative estimate of drug-likeness (QED) is 0.399. The van der Waals surface area contributed by atoms with Gasteiger partial charge in [0.15, 0.2) is 0 Å². The second kappa shape index (κ2) is 10.8. The maximum Gasteiger partial charge on any atom is 0.264 e. The van der Waals surface area contributed by atoms with Crippen LogP contribution in [0.4, 0.5) is 11.4 Å². The van der Waals surface area contributed by atoms with Crippen molar-refractivity contribution in [2.75, 3.05) is 43.0 Å².